The van der Waals surface area contributed by atoms with E-state index in [1.165, 1.54) is 0 Å². The lowest BCUT2D eigenvalue weighted by molar-refractivity contribution is 0.361. The van der Waals surface area contributed by atoms with E-state index in [0.717, 1.165) is 10.9 Å². The number of rotatable bonds is 2. The van der Waals surface area contributed by atoms with Gasteiger partial charge in [-0.3, -0.25) is 0 Å². The number of nitrogens with zero attached hydrogens (tertiary/aromatic N) is 1. The number of hydrogen-bond acceptors (Lipinski definition) is 1. The molecule has 4 atom stereocenters. The average molecular weight is 322 g/mol. The van der Waals surface area contributed by atoms with Gasteiger partial charge in [-0.15, -0.1) is 0 Å². The van der Waals surface area contributed by atoms with Gasteiger partial charge in [0, 0.05) is 18.6 Å². The Kier molecular flexibility index (Phi) is 3.32. The van der Waals surface area contributed by atoms with Gasteiger partial charge in [-0.25, -0.2) is 4.67 Å². The maximum atomic E-state index is 14.3. The Morgan fingerprint density at radius 1 is 0.957 bits per heavy atom. The van der Waals surface area contributed by atoms with Gasteiger partial charge in [0.2, 0.25) is 0 Å². The fraction of sp³-hybridized carbons (Fsp3) is 0.200. The molecular formula is C20H20NOP. The Morgan fingerprint density at radius 2 is 1.57 bits per heavy atom. The van der Waals surface area contributed by atoms with Crippen molar-refractivity contribution >= 4 is 12.6 Å². The molecule has 2 aliphatic rings. The summed E-state index contributed by atoms with van der Waals surface area (Å²) in [5.41, 5.74) is -0.0338. The van der Waals surface area contributed by atoms with E-state index < -0.39 is 12.9 Å². The van der Waals surface area contributed by atoms with Crippen molar-refractivity contribution in [3.8, 4) is 0 Å². The third-order valence-corrected chi connectivity index (χ3v) is 8.10. The molecule has 23 heavy (non-hydrogen) atoms. The van der Waals surface area contributed by atoms with Crippen LogP contribution in [0.1, 0.15) is 13.0 Å². The molecule has 0 spiro atoms. The standard InChI is InChI=1S/C20H20NOP/c1-21-20(16-10-4-2-5-11-16)18-14-8-9-15-19(18)23(21,22)17-12-6-3-7-13-17/h2-15,18-20H,1H3/t18-,19+,20+,23+/m0/s1/i19D. The minimum absolute atomic E-state index is 0.0732. The molecule has 116 valence electrons. The Bertz CT molecular complexity index is 848. The summed E-state index contributed by atoms with van der Waals surface area (Å²) in [5, 5.41) is 0.755. The van der Waals surface area contributed by atoms with Gasteiger partial charge in [-0.2, -0.15) is 0 Å². The van der Waals surface area contributed by atoms with Gasteiger partial charge in [0.15, 0.2) is 7.29 Å². The van der Waals surface area contributed by atoms with Crippen LogP contribution in [-0.2, 0) is 4.57 Å². The first-order valence-corrected chi connectivity index (χ1v) is 9.55. The average Bonchev–Trinajstić information content (AvgIpc) is 2.82. The van der Waals surface area contributed by atoms with Crippen LogP contribution in [0.5, 0.6) is 0 Å². The highest BCUT2D eigenvalue weighted by Gasteiger charge is 2.54. The number of benzene rings is 2. The van der Waals surface area contributed by atoms with Gasteiger partial charge >= 0.3 is 0 Å². The van der Waals surface area contributed by atoms with E-state index in [4.69, 9.17) is 0 Å². The molecule has 0 radical (unpaired) electrons. The predicted molar refractivity (Wildman–Crippen MR) is 96.2 cm³/mol. The van der Waals surface area contributed by atoms with E-state index in [2.05, 4.69) is 12.1 Å². The highest BCUT2D eigenvalue weighted by Crippen LogP contribution is 2.67. The third kappa shape index (κ3) is 2.17. The van der Waals surface area contributed by atoms with Crippen LogP contribution in [0.2, 0.25) is 0 Å². The van der Waals surface area contributed by atoms with E-state index >= 15 is 0 Å². The second-order valence-corrected chi connectivity index (χ2v) is 8.85. The first-order chi connectivity index (χ1) is 11.6. The summed E-state index contributed by atoms with van der Waals surface area (Å²) in [6.07, 6.45) is 7.71. The van der Waals surface area contributed by atoms with Gasteiger partial charge in [0.1, 0.15) is 0 Å². The van der Waals surface area contributed by atoms with Crippen LogP contribution < -0.4 is 5.30 Å². The maximum absolute atomic E-state index is 14.3. The van der Waals surface area contributed by atoms with Crippen LogP contribution >= 0.6 is 7.29 Å². The quantitative estimate of drug-likeness (QED) is 0.764. The van der Waals surface area contributed by atoms with Crippen LogP contribution in [0.3, 0.4) is 0 Å². The molecule has 2 nitrogen and oxygen atoms in total. The van der Waals surface area contributed by atoms with E-state index in [1.807, 2.05) is 84.6 Å². The Hall–Kier alpha value is -1.89. The van der Waals surface area contributed by atoms with Crippen LogP contribution in [0.4, 0.5) is 0 Å². The molecule has 1 fully saturated rings. The van der Waals surface area contributed by atoms with Crippen molar-refractivity contribution in [1.82, 2.24) is 4.67 Å². The molecule has 0 saturated carbocycles. The fourth-order valence-electron chi connectivity index (χ4n) is 3.74. The van der Waals surface area contributed by atoms with E-state index in [-0.39, 0.29) is 12.0 Å². The van der Waals surface area contributed by atoms with Crippen LogP contribution in [0.15, 0.2) is 85.0 Å². The fourth-order valence-corrected chi connectivity index (χ4v) is 6.89. The lowest BCUT2D eigenvalue weighted by Gasteiger charge is -2.27. The summed E-state index contributed by atoms with van der Waals surface area (Å²) in [7, 11) is -1.21. The summed E-state index contributed by atoms with van der Waals surface area (Å²) in [6, 6.07) is 19.6. The molecule has 0 bridgehead atoms. The molecule has 4 rings (SSSR count). The van der Waals surface area contributed by atoms with Crippen molar-refractivity contribution in [3.63, 3.8) is 0 Å². The van der Waals surface area contributed by atoms with E-state index in [1.54, 1.807) is 0 Å². The summed E-state index contributed by atoms with van der Waals surface area (Å²) < 4.78 is 25.4. The highest BCUT2D eigenvalue weighted by molar-refractivity contribution is 7.70. The second kappa shape index (κ2) is 5.63. The lowest BCUT2D eigenvalue weighted by atomic mass is 9.88. The van der Waals surface area contributed by atoms with Gasteiger partial charge in [0.05, 0.1) is 5.64 Å². The highest BCUT2D eigenvalue weighted by atomic mass is 31.2. The first-order valence-electron chi connectivity index (χ1n) is 8.39. The minimum Gasteiger partial charge on any atom is -0.301 e. The SMILES string of the molecule is [2H][C@@]12C=CC=C[C@@H]1[C@@H](c1ccccc1)N(C)[P@@]2(=O)c1ccccc1. The molecule has 1 aliphatic heterocycles. The number of hydrogen-bond donors (Lipinski definition) is 0. The molecule has 0 unspecified atom stereocenters. The van der Waals surface area contributed by atoms with Crippen molar-refractivity contribution in [2.24, 2.45) is 5.92 Å². The molecule has 1 aliphatic carbocycles. The van der Waals surface area contributed by atoms with Gasteiger partial charge in [-0.1, -0.05) is 85.0 Å². The van der Waals surface area contributed by atoms with Crippen molar-refractivity contribution in [3.05, 3.63) is 90.5 Å². The zero-order valence-electron chi connectivity index (χ0n) is 14.0. The van der Waals surface area contributed by atoms with Crippen molar-refractivity contribution < 1.29 is 5.94 Å². The van der Waals surface area contributed by atoms with Crippen molar-refractivity contribution in [1.29, 1.82) is 0 Å². The molecule has 0 amide bonds. The van der Waals surface area contributed by atoms with Crippen LogP contribution in [-0.4, -0.2) is 17.4 Å². The largest absolute Gasteiger partial charge is 0.301 e. The van der Waals surface area contributed by atoms with Crippen LogP contribution in [0.25, 0.3) is 0 Å². The van der Waals surface area contributed by atoms with Crippen LogP contribution in [0, 0.1) is 5.92 Å². The summed E-state index contributed by atoms with van der Waals surface area (Å²) in [6.45, 7) is 0. The predicted octanol–water partition coefficient (Wildman–Crippen LogP) is 4.39. The van der Waals surface area contributed by atoms with E-state index in [0.29, 0.717) is 0 Å². The zero-order valence-corrected chi connectivity index (χ0v) is 13.9. The topological polar surface area (TPSA) is 20.3 Å². The molecule has 0 N–H and O–H groups in total. The molecule has 3 heteroatoms. The number of allylic oxidation sites excluding steroid dienone is 3. The maximum Gasteiger partial charge on any atom is 0.186 e. The molecule has 2 aromatic carbocycles. The zero-order chi connectivity index (χ0) is 16.8. The number of fused-ring (bicyclic) bond motifs is 1. The van der Waals surface area contributed by atoms with Gasteiger partial charge in [-0.05, 0) is 12.6 Å². The summed E-state index contributed by atoms with van der Waals surface area (Å²) in [5.74, 6) is -0.138. The molecule has 0 aromatic heterocycles. The third-order valence-electron chi connectivity index (χ3n) is 4.82. The minimum atomic E-state index is -3.12. The summed E-state index contributed by atoms with van der Waals surface area (Å²) >= 11 is 0. The lowest BCUT2D eigenvalue weighted by Crippen LogP contribution is -2.22. The normalized spacial score (nSPS) is 36.7. The molecule has 1 saturated heterocycles. The Balaban J connectivity index is 1.94. The van der Waals surface area contributed by atoms with Gasteiger partial charge < -0.3 is 4.57 Å². The molecule has 1 heterocycles. The van der Waals surface area contributed by atoms with Crippen molar-refractivity contribution in [2.45, 2.75) is 11.7 Å². The second-order valence-electron chi connectivity index (χ2n) is 6.04. The Morgan fingerprint density at radius 3 is 2.26 bits per heavy atom. The van der Waals surface area contributed by atoms with Gasteiger partial charge in [0.25, 0.3) is 0 Å². The van der Waals surface area contributed by atoms with Crippen molar-refractivity contribution in [2.75, 3.05) is 7.05 Å². The Labute approximate surface area is 139 Å². The molecule has 2 aromatic rings. The molecular weight excluding hydrogens is 301 g/mol. The summed E-state index contributed by atoms with van der Waals surface area (Å²) in [4.78, 5) is 0. The smallest absolute Gasteiger partial charge is 0.186 e. The monoisotopic (exact) mass is 322 g/mol. The van der Waals surface area contributed by atoms with E-state index in [9.17, 15) is 5.94 Å². The first kappa shape index (κ1) is 13.5.